The summed E-state index contributed by atoms with van der Waals surface area (Å²) in [5, 5.41) is 9.32. The van der Waals surface area contributed by atoms with Gasteiger partial charge in [0.15, 0.2) is 0 Å². The number of hydrogen-bond donors (Lipinski definition) is 1. The zero-order chi connectivity index (χ0) is 13.8. The van der Waals surface area contributed by atoms with Gasteiger partial charge in [0.25, 0.3) is 0 Å². The van der Waals surface area contributed by atoms with Gasteiger partial charge in [-0.25, -0.2) is 0 Å². The molecule has 4 nitrogen and oxygen atoms in total. The fourth-order valence-electron chi connectivity index (χ4n) is 2.56. The van der Waals surface area contributed by atoms with E-state index in [1.807, 2.05) is 20.8 Å². The molecule has 1 rings (SSSR count). The molecule has 106 valence electrons. The topological polar surface area (TPSA) is 49.8 Å². The van der Waals surface area contributed by atoms with Crippen LogP contribution in [0.2, 0.25) is 0 Å². The van der Waals surface area contributed by atoms with Gasteiger partial charge >= 0.3 is 5.97 Å². The molecule has 0 radical (unpaired) electrons. The van der Waals surface area contributed by atoms with Crippen molar-refractivity contribution in [2.24, 2.45) is 11.3 Å². The van der Waals surface area contributed by atoms with Crippen LogP contribution in [0.15, 0.2) is 0 Å². The van der Waals surface area contributed by atoms with E-state index >= 15 is 0 Å². The highest BCUT2D eigenvalue weighted by molar-refractivity contribution is 5.74. The number of carboxylic acid groups (broad SMARTS) is 1. The molecule has 0 spiro atoms. The molecule has 1 heterocycles. The maximum absolute atomic E-state index is 11.3. The lowest BCUT2D eigenvalue weighted by Crippen LogP contribution is -2.48. The highest BCUT2D eigenvalue weighted by atomic mass is 16.5. The molecule has 1 aliphatic heterocycles. The van der Waals surface area contributed by atoms with Gasteiger partial charge in [-0.1, -0.05) is 0 Å². The third kappa shape index (κ3) is 3.69. The molecule has 1 saturated heterocycles. The molecule has 0 amide bonds. The van der Waals surface area contributed by atoms with Crippen molar-refractivity contribution in [2.45, 2.75) is 46.6 Å². The molecule has 4 heteroatoms. The average Bonchev–Trinajstić information content (AvgIpc) is 2.35. The largest absolute Gasteiger partial charge is 0.481 e. The van der Waals surface area contributed by atoms with Crippen molar-refractivity contribution in [3.63, 3.8) is 0 Å². The zero-order valence-corrected chi connectivity index (χ0v) is 12.1. The molecule has 2 atom stereocenters. The van der Waals surface area contributed by atoms with Crippen LogP contribution in [0.1, 0.15) is 40.5 Å². The third-order valence-corrected chi connectivity index (χ3v) is 4.21. The Labute approximate surface area is 110 Å². The van der Waals surface area contributed by atoms with Crippen molar-refractivity contribution < 1.29 is 14.6 Å². The lowest BCUT2D eigenvalue weighted by molar-refractivity contribution is -0.151. The Morgan fingerprint density at radius 1 is 1.56 bits per heavy atom. The number of carbonyl (C=O) groups is 1. The van der Waals surface area contributed by atoms with E-state index in [0.29, 0.717) is 6.04 Å². The lowest BCUT2D eigenvalue weighted by atomic mass is 9.74. The van der Waals surface area contributed by atoms with Crippen LogP contribution in [-0.4, -0.2) is 48.3 Å². The minimum atomic E-state index is -0.688. The first-order valence-corrected chi connectivity index (χ1v) is 6.94. The Morgan fingerprint density at radius 3 is 2.78 bits per heavy atom. The van der Waals surface area contributed by atoms with E-state index in [0.717, 1.165) is 39.1 Å². The van der Waals surface area contributed by atoms with Crippen LogP contribution in [-0.2, 0) is 9.53 Å². The Kier molecular flexibility index (Phi) is 5.60. The standard InChI is InChI=1S/C14H27NO3/c1-5-18-10-11(2)15-8-6-7-12(9-15)14(3,4)13(16)17/h11-12H,5-10H2,1-4H3,(H,16,17). The molecule has 0 bridgehead atoms. The predicted molar refractivity (Wildman–Crippen MR) is 71.7 cm³/mol. The maximum Gasteiger partial charge on any atom is 0.309 e. The molecule has 0 aromatic heterocycles. The van der Waals surface area contributed by atoms with E-state index in [1.54, 1.807) is 0 Å². The zero-order valence-electron chi connectivity index (χ0n) is 12.1. The molecule has 1 fully saturated rings. The van der Waals surface area contributed by atoms with Gasteiger partial charge in [0, 0.05) is 19.2 Å². The molecule has 2 unspecified atom stereocenters. The summed E-state index contributed by atoms with van der Waals surface area (Å²) in [5.74, 6) is -0.459. The quantitative estimate of drug-likeness (QED) is 0.793. The van der Waals surface area contributed by atoms with Crippen molar-refractivity contribution in [3.8, 4) is 0 Å². The second-order valence-corrected chi connectivity index (χ2v) is 5.87. The smallest absolute Gasteiger partial charge is 0.309 e. The first-order chi connectivity index (χ1) is 8.39. The van der Waals surface area contributed by atoms with E-state index in [4.69, 9.17) is 4.74 Å². The maximum atomic E-state index is 11.3. The number of hydrogen-bond acceptors (Lipinski definition) is 3. The van der Waals surface area contributed by atoms with Crippen LogP contribution in [0.3, 0.4) is 0 Å². The van der Waals surface area contributed by atoms with Crippen LogP contribution in [0.4, 0.5) is 0 Å². The van der Waals surface area contributed by atoms with Gasteiger partial charge in [-0.2, -0.15) is 0 Å². The van der Waals surface area contributed by atoms with Gasteiger partial charge in [0.2, 0.25) is 0 Å². The van der Waals surface area contributed by atoms with Crippen molar-refractivity contribution in [1.29, 1.82) is 0 Å². The van der Waals surface area contributed by atoms with Gasteiger partial charge in [-0.15, -0.1) is 0 Å². The van der Waals surface area contributed by atoms with Gasteiger partial charge < -0.3 is 9.84 Å². The minimum absolute atomic E-state index is 0.229. The van der Waals surface area contributed by atoms with Crippen LogP contribution in [0, 0.1) is 11.3 Å². The van der Waals surface area contributed by atoms with Crippen LogP contribution in [0.5, 0.6) is 0 Å². The average molecular weight is 257 g/mol. The Hall–Kier alpha value is -0.610. The monoisotopic (exact) mass is 257 g/mol. The summed E-state index contributed by atoms with van der Waals surface area (Å²) in [4.78, 5) is 13.7. The van der Waals surface area contributed by atoms with Gasteiger partial charge in [-0.3, -0.25) is 9.69 Å². The molecule has 1 N–H and O–H groups in total. The summed E-state index contributed by atoms with van der Waals surface area (Å²) in [5.41, 5.74) is -0.635. The summed E-state index contributed by atoms with van der Waals surface area (Å²) >= 11 is 0. The number of carboxylic acids is 1. The highest BCUT2D eigenvalue weighted by Gasteiger charge is 2.39. The molecule has 0 saturated carbocycles. The summed E-state index contributed by atoms with van der Waals surface area (Å²) < 4.78 is 5.46. The molecule has 0 aromatic carbocycles. The van der Waals surface area contributed by atoms with E-state index in [-0.39, 0.29) is 5.92 Å². The summed E-state index contributed by atoms with van der Waals surface area (Å²) in [7, 11) is 0. The van der Waals surface area contributed by atoms with Crippen LogP contribution >= 0.6 is 0 Å². The van der Waals surface area contributed by atoms with E-state index in [1.165, 1.54) is 0 Å². The van der Waals surface area contributed by atoms with E-state index in [2.05, 4.69) is 11.8 Å². The number of likely N-dealkylation sites (tertiary alicyclic amines) is 1. The molecular formula is C14H27NO3. The SMILES string of the molecule is CCOCC(C)N1CCCC(C(C)(C)C(=O)O)C1. The summed E-state index contributed by atoms with van der Waals surface area (Å²) in [6.07, 6.45) is 2.09. The summed E-state index contributed by atoms with van der Waals surface area (Å²) in [6.45, 7) is 11.2. The number of piperidine rings is 1. The molecule has 1 aliphatic rings. The van der Waals surface area contributed by atoms with Gasteiger partial charge in [0.05, 0.1) is 12.0 Å². The molecule has 0 aliphatic carbocycles. The predicted octanol–water partition coefficient (Wildman–Crippen LogP) is 2.23. The first kappa shape index (κ1) is 15.4. The fraction of sp³-hybridized carbons (Fsp3) is 0.929. The summed E-state index contributed by atoms with van der Waals surface area (Å²) in [6, 6.07) is 0.373. The Balaban J connectivity index is 2.58. The Morgan fingerprint density at radius 2 is 2.22 bits per heavy atom. The van der Waals surface area contributed by atoms with E-state index in [9.17, 15) is 9.90 Å². The number of rotatable bonds is 6. The minimum Gasteiger partial charge on any atom is -0.481 e. The second-order valence-electron chi connectivity index (χ2n) is 5.87. The normalized spacial score (nSPS) is 23.9. The first-order valence-electron chi connectivity index (χ1n) is 6.94. The fourth-order valence-corrected chi connectivity index (χ4v) is 2.56. The molecule has 18 heavy (non-hydrogen) atoms. The Bertz CT molecular complexity index is 278. The highest BCUT2D eigenvalue weighted by Crippen LogP contribution is 2.34. The lowest BCUT2D eigenvalue weighted by Gasteiger charge is -2.41. The van der Waals surface area contributed by atoms with Crippen molar-refractivity contribution in [1.82, 2.24) is 4.90 Å². The van der Waals surface area contributed by atoms with Gasteiger partial charge in [0.1, 0.15) is 0 Å². The molecular weight excluding hydrogens is 230 g/mol. The van der Waals surface area contributed by atoms with Crippen molar-refractivity contribution in [2.75, 3.05) is 26.3 Å². The van der Waals surface area contributed by atoms with Crippen molar-refractivity contribution in [3.05, 3.63) is 0 Å². The number of aliphatic carboxylic acids is 1. The number of ether oxygens (including phenoxy) is 1. The van der Waals surface area contributed by atoms with E-state index < -0.39 is 11.4 Å². The molecule has 0 aromatic rings. The van der Waals surface area contributed by atoms with Crippen LogP contribution in [0.25, 0.3) is 0 Å². The third-order valence-electron chi connectivity index (χ3n) is 4.21. The van der Waals surface area contributed by atoms with Gasteiger partial charge in [-0.05, 0) is 53.0 Å². The second kappa shape index (κ2) is 6.53. The van der Waals surface area contributed by atoms with Crippen molar-refractivity contribution >= 4 is 5.97 Å². The van der Waals surface area contributed by atoms with Crippen LogP contribution < -0.4 is 0 Å². The number of nitrogens with zero attached hydrogens (tertiary/aromatic N) is 1.